The molecule has 0 saturated carbocycles. The number of benzene rings is 2. The SMILES string of the molecule is CC(=O)NC[C@@H]1CC[C@@H](Nc2ncnc3[nH]cc(C(=O)c4ccc(Oc5ccccc5)cc4)c23)CO1. The van der Waals surface area contributed by atoms with Crippen LogP contribution >= 0.6 is 0 Å². The average molecular weight is 486 g/mol. The lowest BCUT2D eigenvalue weighted by molar-refractivity contribution is -0.119. The first-order valence-corrected chi connectivity index (χ1v) is 11.9. The molecule has 1 aliphatic rings. The third-order valence-electron chi connectivity index (χ3n) is 6.10. The molecule has 3 heterocycles. The van der Waals surface area contributed by atoms with E-state index in [0.717, 1.165) is 18.6 Å². The number of nitrogens with zero attached hydrogens (tertiary/aromatic N) is 2. The Balaban J connectivity index is 1.30. The van der Waals surface area contributed by atoms with Gasteiger partial charge in [-0.3, -0.25) is 9.59 Å². The van der Waals surface area contributed by atoms with Crippen molar-refractivity contribution in [3.8, 4) is 11.5 Å². The van der Waals surface area contributed by atoms with Crippen LogP contribution in [0.25, 0.3) is 11.0 Å². The Bertz CT molecular complexity index is 1350. The smallest absolute Gasteiger partial charge is 0.216 e. The summed E-state index contributed by atoms with van der Waals surface area (Å²) in [6, 6.07) is 16.6. The number of hydrogen-bond acceptors (Lipinski definition) is 7. The monoisotopic (exact) mass is 485 g/mol. The van der Waals surface area contributed by atoms with Crippen molar-refractivity contribution in [1.29, 1.82) is 0 Å². The number of aromatic amines is 1. The van der Waals surface area contributed by atoms with Gasteiger partial charge in [-0.2, -0.15) is 0 Å². The molecule has 4 aromatic rings. The maximum atomic E-state index is 13.4. The second-order valence-corrected chi connectivity index (χ2v) is 8.73. The molecule has 3 N–H and O–H groups in total. The van der Waals surface area contributed by atoms with Gasteiger partial charge in [0.2, 0.25) is 5.91 Å². The van der Waals surface area contributed by atoms with E-state index in [1.165, 1.54) is 13.3 Å². The largest absolute Gasteiger partial charge is 0.457 e. The third kappa shape index (κ3) is 5.36. The summed E-state index contributed by atoms with van der Waals surface area (Å²) in [5.74, 6) is 1.76. The van der Waals surface area contributed by atoms with Crippen molar-refractivity contribution in [2.75, 3.05) is 18.5 Å². The number of nitrogens with one attached hydrogen (secondary N) is 3. The molecular weight excluding hydrogens is 458 g/mol. The quantitative estimate of drug-likeness (QED) is 0.322. The van der Waals surface area contributed by atoms with E-state index in [2.05, 4.69) is 25.6 Å². The Kier molecular flexibility index (Phi) is 6.90. The summed E-state index contributed by atoms with van der Waals surface area (Å²) >= 11 is 0. The van der Waals surface area contributed by atoms with Gasteiger partial charge >= 0.3 is 0 Å². The van der Waals surface area contributed by atoms with Gasteiger partial charge in [0, 0.05) is 25.2 Å². The Hall–Kier alpha value is -4.24. The highest BCUT2D eigenvalue weighted by molar-refractivity contribution is 6.18. The molecule has 0 radical (unpaired) electrons. The van der Waals surface area contributed by atoms with Gasteiger partial charge in [-0.1, -0.05) is 18.2 Å². The Morgan fingerprint density at radius 3 is 2.56 bits per heavy atom. The van der Waals surface area contributed by atoms with Crippen LogP contribution < -0.4 is 15.4 Å². The molecule has 36 heavy (non-hydrogen) atoms. The number of ketones is 1. The number of anilines is 1. The van der Waals surface area contributed by atoms with Crippen LogP contribution in [0.3, 0.4) is 0 Å². The molecular formula is C27H27N5O4. The maximum absolute atomic E-state index is 13.4. The Morgan fingerprint density at radius 1 is 1.06 bits per heavy atom. The van der Waals surface area contributed by atoms with E-state index in [-0.39, 0.29) is 23.8 Å². The van der Waals surface area contributed by atoms with Gasteiger partial charge in [-0.15, -0.1) is 0 Å². The van der Waals surface area contributed by atoms with Crippen molar-refractivity contribution >= 4 is 28.5 Å². The first-order chi connectivity index (χ1) is 17.6. The predicted molar refractivity (Wildman–Crippen MR) is 135 cm³/mol. The fraction of sp³-hybridized carbons (Fsp3) is 0.259. The molecule has 0 aliphatic carbocycles. The second kappa shape index (κ2) is 10.6. The summed E-state index contributed by atoms with van der Waals surface area (Å²) in [7, 11) is 0. The van der Waals surface area contributed by atoms with E-state index < -0.39 is 0 Å². The molecule has 1 fully saturated rings. The third-order valence-corrected chi connectivity index (χ3v) is 6.10. The van der Waals surface area contributed by atoms with Crippen LogP contribution in [0.4, 0.5) is 5.82 Å². The molecule has 5 rings (SSSR count). The summed E-state index contributed by atoms with van der Waals surface area (Å²) in [6.07, 6.45) is 4.79. The Morgan fingerprint density at radius 2 is 1.83 bits per heavy atom. The number of para-hydroxylation sites is 1. The van der Waals surface area contributed by atoms with E-state index in [4.69, 9.17) is 9.47 Å². The van der Waals surface area contributed by atoms with Gasteiger partial charge in [0.15, 0.2) is 5.78 Å². The van der Waals surface area contributed by atoms with Crippen LogP contribution in [-0.4, -0.2) is 51.9 Å². The molecule has 9 nitrogen and oxygen atoms in total. The van der Waals surface area contributed by atoms with Crippen LogP contribution in [0, 0.1) is 0 Å². The van der Waals surface area contributed by atoms with Crippen LogP contribution in [0.2, 0.25) is 0 Å². The fourth-order valence-electron chi connectivity index (χ4n) is 4.24. The molecule has 0 unspecified atom stereocenters. The van der Waals surface area contributed by atoms with Gasteiger partial charge in [0.05, 0.1) is 29.7 Å². The average Bonchev–Trinajstić information content (AvgIpc) is 3.34. The topological polar surface area (TPSA) is 118 Å². The van der Waals surface area contributed by atoms with Crippen molar-refractivity contribution in [3.05, 3.63) is 78.2 Å². The number of fused-ring (bicyclic) bond motifs is 1. The Labute approximate surface area is 208 Å². The van der Waals surface area contributed by atoms with Crippen molar-refractivity contribution in [1.82, 2.24) is 20.3 Å². The molecule has 2 aromatic heterocycles. The standard InChI is InChI=1S/C27H27N5O4/c1-17(33)28-13-22-12-9-19(15-35-22)32-27-24-23(14-29-26(24)30-16-31-27)25(34)18-7-10-21(11-8-18)36-20-5-3-2-4-6-20/h2-8,10-11,14,16,19,22H,9,12-13,15H2,1H3,(H,28,33)(H2,29,30,31,32)/t19-,22+/m1/s1. The molecule has 0 spiro atoms. The van der Waals surface area contributed by atoms with Crippen LogP contribution in [-0.2, 0) is 9.53 Å². The molecule has 0 bridgehead atoms. The fourth-order valence-corrected chi connectivity index (χ4v) is 4.24. The number of rotatable bonds is 8. The number of amides is 1. The molecule has 184 valence electrons. The number of ether oxygens (including phenoxy) is 2. The lowest BCUT2D eigenvalue weighted by Crippen LogP contribution is -2.40. The highest BCUT2D eigenvalue weighted by atomic mass is 16.5. The van der Waals surface area contributed by atoms with E-state index in [1.54, 1.807) is 30.5 Å². The van der Waals surface area contributed by atoms with E-state index in [9.17, 15) is 9.59 Å². The van der Waals surface area contributed by atoms with Gasteiger partial charge in [-0.05, 0) is 49.2 Å². The van der Waals surface area contributed by atoms with Crippen molar-refractivity contribution in [2.45, 2.75) is 31.9 Å². The minimum atomic E-state index is -0.138. The van der Waals surface area contributed by atoms with Crippen molar-refractivity contribution in [3.63, 3.8) is 0 Å². The summed E-state index contributed by atoms with van der Waals surface area (Å²) in [5.41, 5.74) is 1.61. The molecule has 2 atom stereocenters. The van der Waals surface area contributed by atoms with Crippen LogP contribution in [0.15, 0.2) is 67.1 Å². The van der Waals surface area contributed by atoms with Crippen molar-refractivity contribution < 1.29 is 19.1 Å². The zero-order valence-electron chi connectivity index (χ0n) is 19.9. The van der Waals surface area contributed by atoms with Crippen LogP contribution in [0.5, 0.6) is 11.5 Å². The number of aromatic nitrogens is 3. The van der Waals surface area contributed by atoms with Crippen molar-refractivity contribution in [2.24, 2.45) is 0 Å². The maximum Gasteiger partial charge on any atom is 0.216 e. The first kappa shape index (κ1) is 23.5. The normalized spacial score (nSPS) is 17.5. The zero-order chi connectivity index (χ0) is 24.9. The molecule has 1 amide bonds. The summed E-state index contributed by atoms with van der Waals surface area (Å²) < 4.78 is 11.7. The minimum Gasteiger partial charge on any atom is -0.457 e. The second-order valence-electron chi connectivity index (χ2n) is 8.73. The molecule has 9 heteroatoms. The lowest BCUT2D eigenvalue weighted by atomic mass is 10.0. The summed E-state index contributed by atoms with van der Waals surface area (Å²) in [6.45, 7) is 2.48. The summed E-state index contributed by atoms with van der Waals surface area (Å²) in [5, 5.41) is 6.87. The number of hydrogen-bond donors (Lipinski definition) is 3. The highest BCUT2D eigenvalue weighted by Crippen LogP contribution is 2.28. The molecule has 2 aromatic carbocycles. The number of carbonyl (C=O) groups is 2. The van der Waals surface area contributed by atoms with E-state index >= 15 is 0 Å². The van der Waals surface area contributed by atoms with E-state index in [0.29, 0.717) is 46.9 Å². The number of H-pyrrole nitrogens is 1. The van der Waals surface area contributed by atoms with E-state index in [1.807, 2.05) is 30.3 Å². The highest BCUT2D eigenvalue weighted by Gasteiger charge is 2.24. The lowest BCUT2D eigenvalue weighted by Gasteiger charge is -2.30. The van der Waals surface area contributed by atoms with Gasteiger partial charge < -0.3 is 25.1 Å². The molecule has 1 aliphatic heterocycles. The molecule has 1 saturated heterocycles. The first-order valence-electron chi connectivity index (χ1n) is 11.9. The zero-order valence-corrected chi connectivity index (χ0v) is 19.9. The minimum absolute atomic E-state index is 0.00407. The van der Waals surface area contributed by atoms with Gasteiger partial charge in [0.1, 0.15) is 29.3 Å². The van der Waals surface area contributed by atoms with Crippen LogP contribution in [0.1, 0.15) is 35.7 Å². The predicted octanol–water partition coefficient (Wildman–Crippen LogP) is 4.08. The van der Waals surface area contributed by atoms with Gasteiger partial charge in [0.25, 0.3) is 0 Å². The van der Waals surface area contributed by atoms with Gasteiger partial charge in [-0.25, -0.2) is 9.97 Å². The summed E-state index contributed by atoms with van der Waals surface area (Å²) in [4.78, 5) is 36.3. The number of carbonyl (C=O) groups excluding carboxylic acids is 2.